The van der Waals surface area contributed by atoms with Gasteiger partial charge in [-0.2, -0.15) is 0 Å². The molecule has 3 aromatic rings. The molecule has 0 aliphatic heterocycles. The highest BCUT2D eigenvalue weighted by molar-refractivity contribution is 6.09. The highest BCUT2D eigenvalue weighted by Crippen LogP contribution is 2.32. The first kappa shape index (κ1) is 25.3. The van der Waals surface area contributed by atoms with Crippen molar-refractivity contribution < 1.29 is 30.0 Å². The standard InChI is InChI=1S/C29H28O6/c1-20(19-35-18-2-3-21-5-10-23(30)11-6-21)4-14-25-28(33)17-15-26(29(25)34)27(32)16-9-22-7-12-24(31)13-8-22/h2-13,15-17,30-31,33-34H,14,18-19H2,1H3/b3-2+,16-9+,20-4-. The quantitative estimate of drug-likeness (QED) is 0.132. The lowest BCUT2D eigenvalue weighted by molar-refractivity contribution is 0.104. The summed E-state index contributed by atoms with van der Waals surface area (Å²) in [7, 11) is 0. The Morgan fingerprint density at radius 1 is 0.829 bits per heavy atom. The van der Waals surface area contributed by atoms with Gasteiger partial charge in [-0.15, -0.1) is 0 Å². The Labute approximate surface area is 204 Å². The molecular weight excluding hydrogens is 444 g/mol. The van der Waals surface area contributed by atoms with Gasteiger partial charge < -0.3 is 25.2 Å². The lowest BCUT2D eigenvalue weighted by atomic mass is 10.0. The van der Waals surface area contributed by atoms with Gasteiger partial charge in [-0.25, -0.2) is 0 Å². The van der Waals surface area contributed by atoms with E-state index >= 15 is 0 Å². The third-order valence-electron chi connectivity index (χ3n) is 5.25. The van der Waals surface area contributed by atoms with Crippen molar-refractivity contribution in [2.24, 2.45) is 0 Å². The summed E-state index contributed by atoms with van der Waals surface area (Å²) in [6.07, 6.45) is 8.76. The summed E-state index contributed by atoms with van der Waals surface area (Å²) in [6, 6.07) is 16.0. The third-order valence-corrected chi connectivity index (χ3v) is 5.25. The predicted octanol–water partition coefficient (Wildman–Crippen LogP) is 5.62. The predicted molar refractivity (Wildman–Crippen MR) is 137 cm³/mol. The number of phenols is 4. The van der Waals surface area contributed by atoms with Crippen LogP contribution >= 0.6 is 0 Å². The number of benzene rings is 3. The number of carbonyl (C=O) groups is 1. The molecule has 0 spiro atoms. The molecule has 0 fully saturated rings. The molecule has 0 heterocycles. The number of allylic oxidation sites excluding steroid dienone is 2. The molecule has 0 bridgehead atoms. The van der Waals surface area contributed by atoms with E-state index in [2.05, 4.69) is 0 Å². The second-order valence-electron chi connectivity index (χ2n) is 8.01. The monoisotopic (exact) mass is 472 g/mol. The van der Waals surface area contributed by atoms with Crippen LogP contribution in [0.15, 0.2) is 84.5 Å². The highest BCUT2D eigenvalue weighted by atomic mass is 16.5. The van der Waals surface area contributed by atoms with Gasteiger partial charge in [0.1, 0.15) is 23.0 Å². The van der Waals surface area contributed by atoms with E-state index in [1.54, 1.807) is 42.5 Å². The molecule has 0 saturated carbocycles. The molecule has 0 saturated heterocycles. The van der Waals surface area contributed by atoms with E-state index in [4.69, 9.17) is 4.74 Å². The maximum atomic E-state index is 12.6. The van der Waals surface area contributed by atoms with E-state index in [0.717, 1.165) is 16.7 Å². The third kappa shape index (κ3) is 7.62. The number of hydrogen-bond acceptors (Lipinski definition) is 6. The van der Waals surface area contributed by atoms with Gasteiger partial charge in [-0.1, -0.05) is 54.1 Å². The first-order valence-electron chi connectivity index (χ1n) is 11.1. The molecule has 0 aliphatic rings. The van der Waals surface area contributed by atoms with Gasteiger partial charge in [0.15, 0.2) is 5.78 Å². The van der Waals surface area contributed by atoms with Gasteiger partial charge in [0, 0.05) is 5.56 Å². The first-order valence-corrected chi connectivity index (χ1v) is 11.1. The van der Waals surface area contributed by atoms with Crippen molar-refractivity contribution in [2.75, 3.05) is 13.2 Å². The van der Waals surface area contributed by atoms with Gasteiger partial charge >= 0.3 is 0 Å². The smallest absolute Gasteiger partial charge is 0.189 e. The van der Waals surface area contributed by atoms with Crippen LogP contribution in [-0.2, 0) is 11.2 Å². The summed E-state index contributed by atoms with van der Waals surface area (Å²) < 4.78 is 5.62. The van der Waals surface area contributed by atoms with Crippen LogP contribution in [0.1, 0.15) is 34.0 Å². The number of carbonyl (C=O) groups excluding carboxylic acids is 1. The van der Waals surface area contributed by atoms with Crippen LogP contribution in [-0.4, -0.2) is 39.4 Å². The molecule has 180 valence electrons. The summed E-state index contributed by atoms with van der Waals surface area (Å²) in [6.45, 7) is 2.66. The second kappa shape index (κ2) is 12.3. The minimum atomic E-state index is -0.402. The molecule has 3 rings (SSSR count). The number of aromatic hydroxyl groups is 4. The van der Waals surface area contributed by atoms with E-state index in [1.165, 1.54) is 30.3 Å². The molecule has 35 heavy (non-hydrogen) atoms. The van der Waals surface area contributed by atoms with E-state index in [-0.39, 0.29) is 40.5 Å². The Hall–Kier alpha value is -4.29. The fraction of sp³-hybridized carbons (Fsp3) is 0.138. The molecule has 3 aromatic carbocycles. The van der Waals surface area contributed by atoms with E-state index < -0.39 is 5.78 Å². The van der Waals surface area contributed by atoms with Crippen LogP contribution in [0, 0.1) is 0 Å². The normalized spacial score (nSPS) is 12.0. The SMILES string of the molecule is C/C(=C/Cc1c(O)ccc(C(=O)/C=C/c2ccc(O)cc2)c1O)COC/C=C/c1ccc(O)cc1. The van der Waals surface area contributed by atoms with Gasteiger partial charge in [-0.3, -0.25) is 4.79 Å². The van der Waals surface area contributed by atoms with Gasteiger partial charge in [-0.05, 0) is 66.9 Å². The summed E-state index contributed by atoms with van der Waals surface area (Å²) in [5.74, 6) is -0.401. The lowest BCUT2D eigenvalue weighted by Crippen LogP contribution is -1.99. The number of hydrogen-bond donors (Lipinski definition) is 4. The molecule has 6 heteroatoms. The Kier molecular flexibility index (Phi) is 8.87. The van der Waals surface area contributed by atoms with E-state index in [9.17, 15) is 25.2 Å². The molecule has 0 amide bonds. The summed E-state index contributed by atoms with van der Waals surface area (Å²) in [5.41, 5.74) is 2.95. The number of ether oxygens (including phenoxy) is 1. The summed E-state index contributed by atoms with van der Waals surface area (Å²) in [4.78, 5) is 12.6. The molecule has 0 aromatic heterocycles. The summed E-state index contributed by atoms with van der Waals surface area (Å²) >= 11 is 0. The van der Waals surface area contributed by atoms with Crippen molar-refractivity contribution in [3.63, 3.8) is 0 Å². The van der Waals surface area contributed by atoms with Crippen molar-refractivity contribution in [3.05, 3.63) is 107 Å². The second-order valence-corrected chi connectivity index (χ2v) is 8.01. The number of rotatable bonds is 10. The Balaban J connectivity index is 1.57. The highest BCUT2D eigenvalue weighted by Gasteiger charge is 2.15. The van der Waals surface area contributed by atoms with Gasteiger partial charge in [0.25, 0.3) is 0 Å². The molecule has 4 N–H and O–H groups in total. The largest absolute Gasteiger partial charge is 0.508 e. The minimum Gasteiger partial charge on any atom is -0.508 e. The Morgan fingerprint density at radius 3 is 2.06 bits per heavy atom. The fourth-order valence-electron chi connectivity index (χ4n) is 3.27. The van der Waals surface area contributed by atoms with Crippen molar-refractivity contribution in [3.8, 4) is 23.0 Å². The fourth-order valence-corrected chi connectivity index (χ4v) is 3.27. The maximum Gasteiger partial charge on any atom is 0.189 e. The minimum absolute atomic E-state index is 0.0921. The number of ketones is 1. The van der Waals surface area contributed by atoms with Crippen LogP contribution in [0.25, 0.3) is 12.2 Å². The van der Waals surface area contributed by atoms with Gasteiger partial charge in [0.2, 0.25) is 0 Å². The molecular formula is C29H28O6. The van der Waals surface area contributed by atoms with Crippen LogP contribution < -0.4 is 0 Å². The van der Waals surface area contributed by atoms with Crippen molar-refractivity contribution in [1.29, 1.82) is 0 Å². The molecule has 6 nitrogen and oxygen atoms in total. The average molecular weight is 473 g/mol. The zero-order valence-corrected chi connectivity index (χ0v) is 19.4. The van der Waals surface area contributed by atoms with Gasteiger partial charge in [0.05, 0.1) is 18.8 Å². The molecule has 0 aliphatic carbocycles. The average Bonchev–Trinajstić information content (AvgIpc) is 2.84. The van der Waals surface area contributed by atoms with Crippen LogP contribution in [0.4, 0.5) is 0 Å². The lowest BCUT2D eigenvalue weighted by Gasteiger charge is -2.09. The molecule has 0 atom stereocenters. The topological polar surface area (TPSA) is 107 Å². The van der Waals surface area contributed by atoms with E-state index in [0.29, 0.717) is 13.2 Å². The number of phenolic OH excluding ortho intramolecular Hbond substituents is 4. The van der Waals surface area contributed by atoms with Crippen LogP contribution in [0.2, 0.25) is 0 Å². The zero-order chi connectivity index (χ0) is 25.2. The zero-order valence-electron chi connectivity index (χ0n) is 19.4. The van der Waals surface area contributed by atoms with Crippen molar-refractivity contribution in [1.82, 2.24) is 0 Å². The van der Waals surface area contributed by atoms with Crippen LogP contribution in [0.3, 0.4) is 0 Å². The molecule has 0 radical (unpaired) electrons. The van der Waals surface area contributed by atoms with Crippen molar-refractivity contribution >= 4 is 17.9 Å². The van der Waals surface area contributed by atoms with Crippen molar-refractivity contribution in [2.45, 2.75) is 13.3 Å². The summed E-state index contributed by atoms with van der Waals surface area (Å²) in [5, 5.41) is 39.5. The Morgan fingerprint density at radius 2 is 1.43 bits per heavy atom. The Bertz CT molecular complexity index is 1240. The maximum absolute atomic E-state index is 12.6. The first-order chi connectivity index (χ1) is 16.8. The van der Waals surface area contributed by atoms with E-state index in [1.807, 2.05) is 25.2 Å². The molecule has 0 unspecified atom stereocenters. The van der Waals surface area contributed by atoms with Crippen LogP contribution in [0.5, 0.6) is 23.0 Å².